The monoisotopic (exact) mass is 347 g/mol. The molecule has 2 aromatic rings. The number of methoxy groups -OCH3 is 1. The predicted molar refractivity (Wildman–Crippen MR) is 95.5 cm³/mol. The Morgan fingerprint density at radius 2 is 2.12 bits per heavy atom. The Labute approximate surface area is 145 Å². The highest BCUT2D eigenvalue weighted by Gasteiger charge is 2.10. The van der Waals surface area contributed by atoms with Crippen molar-refractivity contribution in [1.29, 1.82) is 0 Å². The number of aromatic nitrogens is 2. The molecule has 1 aromatic carbocycles. The molecule has 0 aliphatic carbocycles. The van der Waals surface area contributed by atoms with Crippen LogP contribution in [-0.2, 0) is 16.1 Å². The minimum atomic E-state index is -0.259. The van der Waals surface area contributed by atoms with Gasteiger partial charge in [0, 0.05) is 18.9 Å². The van der Waals surface area contributed by atoms with E-state index in [1.807, 2.05) is 24.3 Å². The molecule has 0 saturated carbocycles. The zero-order valence-corrected chi connectivity index (χ0v) is 14.8. The van der Waals surface area contributed by atoms with Gasteiger partial charge in [0.15, 0.2) is 5.16 Å². The Morgan fingerprint density at radius 1 is 1.38 bits per heavy atom. The van der Waals surface area contributed by atoms with Crippen molar-refractivity contribution in [3.8, 4) is 0 Å². The molecule has 0 radical (unpaired) electrons. The molecule has 0 fully saturated rings. The summed E-state index contributed by atoms with van der Waals surface area (Å²) in [6.07, 6.45) is 0. The van der Waals surface area contributed by atoms with Gasteiger partial charge in [0.1, 0.15) is 0 Å². The van der Waals surface area contributed by atoms with Crippen LogP contribution in [0.15, 0.2) is 40.3 Å². The van der Waals surface area contributed by atoms with Crippen LogP contribution >= 0.6 is 11.8 Å². The number of anilines is 1. The summed E-state index contributed by atoms with van der Waals surface area (Å²) in [6.45, 7) is 4.41. The minimum Gasteiger partial charge on any atom is -0.378 e. The number of thioether (sulfide) groups is 1. The maximum atomic E-state index is 12.2. The summed E-state index contributed by atoms with van der Waals surface area (Å²) in [5.74, 6) is 0.331. The molecule has 2 rings (SSSR count). The van der Waals surface area contributed by atoms with Gasteiger partial charge in [0.05, 0.1) is 18.1 Å². The number of nitrogens with one attached hydrogen (secondary N) is 2. The van der Waals surface area contributed by atoms with Gasteiger partial charge in [-0.25, -0.2) is 4.98 Å². The lowest BCUT2D eigenvalue weighted by atomic mass is 10.0. The van der Waals surface area contributed by atoms with Crippen molar-refractivity contribution < 1.29 is 9.53 Å². The highest BCUT2D eigenvalue weighted by molar-refractivity contribution is 7.99. The van der Waals surface area contributed by atoms with Crippen LogP contribution in [0.3, 0.4) is 0 Å². The van der Waals surface area contributed by atoms with Crippen LogP contribution in [0.4, 0.5) is 5.69 Å². The zero-order chi connectivity index (χ0) is 17.5. The van der Waals surface area contributed by atoms with E-state index in [-0.39, 0.29) is 23.8 Å². The zero-order valence-electron chi connectivity index (χ0n) is 14.0. The highest BCUT2D eigenvalue weighted by Crippen LogP contribution is 2.24. The number of amides is 1. The molecule has 0 unspecified atom stereocenters. The lowest BCUT2D eigenvalue weighted by Gasteiger charge is -2.13. The van der Waals surface area contributed by atoms with Crippen molar-refractivity contribution in [3.63, 3.8) is 0 Å². The summed E-state index contributed by atoms with van der Waals surface area (Å²) in [6, 6.07) is 9.11. The molecule has 24 heavy (non-hydrogen) atoms. The third-order valence-corrected chi connectivity index (χ3v) is 4.14. The smallest absolute Gasteiger partial charge is 0.251 e. The van der Waals surface area contributed by atoms with E-state index in [9.17, 15) is 9.59 Å². The van der Waals surface area contributed by atoms with Crippen molar-refractivity contribution >= 4 is 23.4 Å². The Hall–Kier alpha value is -2.12. The van der Waals surface area contributed by atoms with E-state index >= 15 is 0 Å². The number of rotatable bonds is 7. The van der Waals surface area contributed by atoms with Crippen LogP contribution in [0.5, 0.6) is 0 Å². The molecule has 128 valence electrons. The summed E-state index contributed by atoms with van der Waals surface area (Å²) < 4.78 is 4.97. The Balaban J connectivity index is 2.00. The molecule has 0 atom stereocenters. The van der Waals surface area contributed by atoms with Crippen LogP contribution < -0.4 is 10.9 Å². The van der Waals surface area contributed by atoms with Gasteiger partial charge in [-0.3, -0.25) is 9.59 Å². The van der Waals surface area contributed by atoms with Crippen LogP contribution in [-0.4, -0.2) is 28.7 Å². The van der Waals surface area contributed by atoms with E-state index in [4.69, 9.17) is 4.74 Å². The second kappa shape index (κ2) is 8.65. The number of para-hydroxylation sites is 1. The van der Waals surface area contributed by atoms with E-state index in [1.54, 1.807) is 0 Å². The molecule has 1 amide bonds. The average molecular weight is 347 g/mol. The molecule has 2 N–H and O–H groups in total. The number of carbonyl (C=O) groups is 1. The van der Waals surface area contributed by atoms with Crippen LogP contribution in [0, 0.1) is 0 Å². The van der Waals surface area contributed by atoms with Crippen molar-refractivity contribution in [2.24, 2.45) is 0 Å². The standard InChI is InChI=1S/C17H21N3O3S/c1-11(2)13-6-4-5-7-14(13)19-16(22)10-24-17-18-12(9-23-3)8-15(21)20-17/h4-8,11H,9-10H2,1-3H3,(H,19,22)(H,18,20,21). The number of hydrogen-bond acceptors (Lipinski definition) is 5. The number of carbonyl (C=O) groups excluding carboxylic acids is 1. The van der Waals surface area contributed by atoms with Crippen molar-refractivity contribution in [2.75, 3.05) is 18.2 Å². The molecular weight excluding hydrogens is 326 g/mol. The molecule has 7 heteroatoms. The van der Waals surface area contributed by atoms with Crippen LogP contribution in [0.1, 0.15) is 31.0 Å². The van der Waals surface area contributed by atoms with Crippen molar-refractivity contribution in [3.05, 3.63) is 51.9 Å². The van der Waals surface area contributed by atoms with Crippen molar-refractivity contribution in [1.82, 2.24) is 9.97 Å². The van der Waals surface area contributed by atoms with E-state index in [0.29, 0.717) is 16.8 Å². The first-order valence-electron chi connectivity index (χ1n) is 7.60. The minimum absolute atomic E-state index is 0.145. The molecule has 6 nitrogen and oxygen atoms in total. The van der Waals surface area contributed by atoms with Gasteiger partial charge in [-0.2, -0.15) is 0 Å². The molecule has 0 spiro atoms. The fourth-order valence-corrected chi connectivity index (χ4v) is 2.90. The van der Waals surface area contributed by atoms with E-state index in [1.165, 1.54) is 24.9 Å². The van der Waals surface area contributed by atoms with Gasteiger partial charge in [-0.1, -0.05) is 43.8 Å². The highest BCUT2D eigenvalue weighted by atomic mass is 32.2. The SMILES string of the molecule is COCc1cc(=O)[nH]c(SCC(=O)Nc2ccccc2C(C)C)n1. The summed E-state index contributed by atoms with van der Waals surface area (Å²) in [4.78, 5) is 30.6. The van der Waals surface area contributed by atoms with Gasteiger partial charge >= 0.3 is 0 Å². The normalized spacial score (nSPS) is 10.8. The first kappa shape index (κ1) is 18.2. The summed E-state index contributed by atoms with van der Waals surface area (Å²) in [7, 11) is 1.54. The molecular formula is C17H21N3O3S. The van der Waals surface area contributed by atoms with Gasteiger partial charge < -0.3 is 15.0 Å². The van der Waals surface area contributed by atoms with Gasteiger partial charge in [0.2, 0.25) is 5.91 Å². The number of hydrogen-bond donors (Lipinski definition) is 2. The molecule has 0 aliphatic heterocycles. The van der Waals surface area contributed by atoms with Crippen molar-refractivity contribution in [2.45, 2.75) is 31.5 Å². The number of aromatic amines is 1. The second-order valence-corrected chi connectivity index (χ2v) is 6.52. The quantitative estimate of drug-likeness (QED) is 0.594. The van der Waals surface area contributed by atoms with E-state index in [2.05, 4.69) is 29.1 Å². The summed E-state index contributed by atoms with van der Waals surface area (Å²) in [5, 5.41) is 3.32. The Kier molecular flexibility index (Phi) is 6.57. The molecule has 1 heterocycles. The summed E-state index contributed by atoms with van der Waals surface area (Å²) in [5.41, 5.74) is 2.18. The van der Waals surface area contributed by atoms with Crippen LogP contribution in [0.2, 0.25) is 0 Å². The first-order chi connectivity index (χ1) is 11.5. The van der Waals surface area contributed by atoms with Gasteiger partial charge in [0.25, 0.3) is 5.56 Å². The molecule has 0 bridgehead atoms. The molecule has 0 aliphatic rings. The van der Waals surface area contributed by atoms with E-state index in [0.717, 1.165) is 11.3 Å². The molecule has 1 aromatic heterocycles. The van der Waals surface area contributed by atoms with Crippen LogP contribution in [0.25, 0.3) is 0 Å². The molecule has 0 saturated heterocycles. The third kappa shape index (κ3) is 5.21. The number of ether oxygens (including phenoxy) is 1. The summed E-state index contributed by atoms with van der Waals surface area (Å²) >= 11 is 1.18. The lowest BCUT2D eigenvalue weighted by molar-refractivity contribution is -0.113. The number of benzene rings is 1. The fraction of sp³-hybridized carbons (Fsp3) is 0.353. The first-order valence-corrected chi connectivity index (χ1v) is 8.59. The maximum Gasteiger partial charge on any atom is 0.251 e. The maximum absolute atomic E-state index is 12.2. The van der Waals surface area contributed by atoms with E-state index < -0.39 is 0 Å². The Bertz CT molecular complexity index is 759. The Morgan fingerprint density at radius 3 is 2.83 bits per heavy atom. The van der Waals surface area contributed by atoms with Gasteiger partial charge in [-0.15, -0.1) is 0 Å². The topological polar surface area (TPSA) is 84.1 Å². The fourth-order valence-electron chi connectivity index (χ4n) is 2.21. The number of H-pyrrole nitrogens is 1. The third-order valence-electron chi connectivity index (χ3n) is 3.26. The largest absolute Gasteiger partial charge is 0.378 e. The number of nitrogens with zero attached hydrogens (tertiary/aromatic N) is 1. The lowest BCUT2D eigenvalue weighted by Crippen LogP contribution is -2.17. The second-order valence-electron chi connectivity index (χ2n) is 5.55. The van der Waals surface area contributed by atoms with Gasteiger partial charge in [-0.05, 0) is 17.5 Å². The predicted octanol–water partition coefficient (Wildman–Crippen LogP) is 2.77. The average Bonchev–Trinajstić information content (AvgIpc) is 2.53.